The van der Waals surface area contributed by atoms with Crippen LogP contribution in [0.4, 0.5) is 10.5 Å². The van der Waals surface area contributed by atoms with E-state index in [2.05, 4.69) is 10.6 Å². The lowest BCUT2D eigenvalue weighted by molar-refractivity contribution is -0.115. The van der Waals surface area contributed by atoms with Crippen LogP contribution in [0.25, 0.3) is 6.08 Å². The van der Waals surface area contributed by atoms with Gasteiger partial charge in [-0.2, -0.15) is 0 Å². The standard InChI is InChI=1S/C17H10Cl2N2O3S/c18-12-6-3-10(8-13(12)19)15(22)20-11-4-1-9(2-5-11)7-14-16(23)21-17(24)25-14/h1-8H,(H,20,22)(H,21,23,24)/b14-7-. The molecule has 1 saturated heterocycles. The van der Waals surface area contributed by atoms with Gasteiger partial charge in [0, 0.05) is 11.3 Å². The van der Waals surface area contributed by atoms with Gasteiger partial charge in [0.05, 0.1) is 15.0 Å². The van der Waals surface area contributed by atoms with Crippen molar-refractivity contribution in [3.05, 3.63) is 68.5 Å². The summed E-state index contributed by atoms with van der Waals surface area (Å²) in [5.41, 5.74) is 1.70. The number of imide groups is 1. The topological polar surface area (TPSA) is 75.3 Å². The highest BCUT2D eigenvalue weighted by Crippen LogP contribution is 2.26. The molecule has 126 valence electrons. The van der Waals surface area contributed by atoms with Gasteiger partial charge < -0.3 is 5.32 Å². The molecule has 5 nitrogen and oxygen atoms in total. The number of carbonyl (C=O) groups excluding carboxylic acids is 3. The third-order valence-corrected chi connectivity index (χ3v) is 4.84. The highest BCUT2D eigenvalue weighted by molar-refractivity contribution is 8.18. The van der Waals surface area contributed by atoms with Crippen molar-refractivity contribution in [2.75, 3.05) is 5.32 Å². The molecule has 0 atom stereocenters. The molecule has 0 unspecified atom stereocenters. The van der Waals surface area contributed by atoms with Crippen LogP contribution in [0.2, 0.25) is 10.0 Å². The summed E-state index contributed by atoms with van der Waals surface area (Å²) in [6.07, 6.45) is 1.61. The Balaban J connectivity index is 1.71. The summed E-state index contributed by atoms with van der Waals surface area (Å²) in [6, 6.07) is 11.5. The Hall–Kier alpha value is -2.28. The molecular formula is C17H10Cl2N2O3S. The summed E-state index contributed by atoms with van der Waals surface area (Å²) < 4.78 is 0. The Kier molecular flexibility index (Phi) is 5.13. The number of amides is 3. The number of anilines is 1. The third kappa shape index (κ3) is 4.22. The normalized spacial score (nSPS) is 15.4. The number of nitrogens with one attached hydrogen (secondary N) is 2. The molecule has 2 aromatic rings. The Bertz CT molecular complexity index is 911. The maximum atomic E-state index is 12.2. The molecule has 1 fully saturated rings. The van der Waals surface area contributed by atoms with Crippen molar-refractivity contribution < 1.29 is 14.4 Å². The molecule has 0 aliphatic carbocycles. The van der Waals surface area contributed by atoms with Gasteiger partial charge in [-0.25, -0.2) is 0 Å². The fourth-order valence-electron chi connectivity index (χ4n) is 2.08. The zero-order valence-corrected chi connectivity index (χ0v) is 14.8. The average molecular weight is 393 g/mol. The molecular weight excluding hydrogens is 383 g/mol. The molecule has 0 radical (unpaired) electrons. The van der Waals surface area contributed by atoms with Gasteiger partial charge in [0.1, 0.15) is 0 Å². The van der Waals surface area contributed by atoms with E-state index in [-0.39, 0.29) is 11.1 Å². The van der Waals surface area contributed by atoms with Gasteiger partial charge in [0.15, 0.2) is 0 Å². The van der Waals surface area contributed by atoms with Gasteiger partial charge in [0.2, 0.25) is 0 Å². The maximum Gasteiger partial charge on any atom is 0.290 e. The Morgan fingerprint density at radius 2 is 1.76 bits per heavy atom. The van der Waals surface area contributed by atoms with Gasteiger partial charge in [-0.1, -0.05) is 35.3 Å². The molecule has 1 heterocycles. The SMILES string of the molecule is O=C1NC(=O)/C(=C/c2ccc(NC(=O)c3ccc(Cl)c(Cl)c3)cc2)S1. The Morgan fingerprint density at radius 3 is 2.36 bits per heavy atom. The van der Waals surface area contributed by atoms with E-state index in [1.54, 1.807) is 42.5 Å². The molecule has 0 aromatic heterocycles. The smallest absolute Gasteiger partial charge is 0.290 e. The van der Waals surface area contributed by atoms with Crippen molar-refractivity contribution in [3.63, 3.8) is 0 Å². The zero-order chi connectivity index (χ0) is 18.0. The quantitative estimate of drug-likeness (QED) is 0.750. The molecule has 25 heavy (non-hydrogen) atoms. The van der Waals surface area contributed by atoms with E-state index in [9.17, 15) is 14.4 Å². The van der Waals surface area contributed by atoms with Crippen LogP contribution in [0.1, 0.15) is 15.9 Å². The number of benzene rings is 2. The first-order valence-corrected chi connectivity index (χ1v) is 8.61. The van der Waals surface area contributed by atoms with E-state index in [4.69, 9.17) is 23.2 Å². The summed E-state index contributed by atoms with van der Waals surface area (Å²) in [6.45, 7) is 0. The van der Waals surface area contributed by atoms with Crippen LogP contribution in [0.5, 0.6) is 0 Å². The van der Waals surface area contributed by atoms with Gasteiger partial charge in [-0.05, 0) is 53.7 Å². The van der Waals surface area contributed by atoms with Gasteiger partial charge in [-0.15, -0.1) is 0 Å². The van der Waals surface area contributed by atoms with E-state index in [1.165, 1.54) is 6.07 Å². The molecule has 0 saturated carbocycles. The second kappa shape index (κ2) is 7.31. The Morgan fingerprint density at radius 1 is 1.04 bits per heavy atom. The van der Waals surface area contributed by atoms with Crippen LogP contribution in [-0.4, -0.2) is 17.1 Å². The summed E-state index contributed by atoms with van der Waals surface area (Å²) in [5.74, 6) is -0.729. The van der Waals surface area contributed by atoms with Crippen LogP contribution in [0, 0.1) is 0 Å². The molecule has 8 heteroatoms. The minimum Gasteiger partial charge on any atom is -0.322 e. The van der Waals surface area contributed by atoms with Crippen molar-refractivity contribution in [2.45, 2.75) is 0 Å². The van der Waals surface area contributed by atoms with Crippen molar-refractivity contribution in [1.29, 1.82) is 0 Å². The van der Waals surface area contributed by atoms with E-state index in [0.29, 0.717) is 26.2 Å². The van der Waals surface area contributed by atoms with E-state index >= 15 is 0 Å². The number of hydrogen-bond donors (Lipinski definition) is 2. The second-order valence-corrected chi connectivity index (χ2v) is 6.89. The maximum absolute atomic E-state index is 12.2. The third-order valence-electron chi connectivity index (χ3n) is 3.29. The van der Waals surface area contributed by atoms with Crippen molar-refractivity contribution in [2.24, 2.45) is 0 Å². The molecule has 1 aliphatic heterocycles. The first-order valence-electron chi connectivity index (χ1n) is 7.04. The number of thioether (sulfide) groups is 1. The lowest BCUT2D eigenvalue weighted by Gasteiger charge is -2.06. The van der Waals surface area contributed by atoms with Gasteiger partial charge in [0.25, 0.3) is 17.1 Å². The molecule has 1 aliphatic rings. The van der Waals surface area contributed by atoms with E-state index in [0.717, 1.165) is 17.3 Å². The Labute approximate surface area is 157 Å². The fourth-order valence-corrected chi connectivity index (χ4v) is 3.06. The summed E-state index contributed by atoms with van der Waals surface area (Å²) in [5, 5.41) is 5.23. The summed E-state index contributed by atoms with van der Waals surface area (Å²) >= 11 is 12.6. The molecule has 0 bridgehead atoms. The first kappa shape index (κ1) is 17.5. The van der Waals surface area contributed by atoms with Crippen LogP contribution < -0.4 is 10.6 Å². The molecule has 2 N–H and O–H groups in total. The average Bonchev–Trinajstić information content (AvgIpc) is 2.89. The van der Waals surface area contributed by atoms with Crippen LogP contribution in [0.15, 0.2) is 47.4 Å². The number of carbonyl (C=O) groups is 3. The minimum absolute atomic E-state index is 0.304. The van der Waals surface area contributed by atoms with Crippen molar-refractivity contribution in [3.8, 4) is 0 Å². The minimum atomic E-state index is -0.410. The lowest BCUT2D eigenvalue weighted by atomic mass is 10.1. The lowest BCUT2D eigenvalue weighted by Crippen LogP contribution is -2.17. The predicted molar refractivity (Wildman–Crippen MR) is 100.0 cm³/mol. The summed E-state index contributed by atoms with van der Waals surface area (Å²) in [4.78, 5) is 35.2. The highest BCUT2D eigenvalue weighted by atomic mass is 35.5. The molecule has 0 spiro atoms. The van der Waals surface area contributed by atoms with Gasteiger partial charge in [-0.3, -0.25) is 19.7 Å². The highest BCUT2D eigenvalue weighted by Gasteiger charge is 2.24. The predicted octanol–water partition coefficient (Wildman–Crippen LogP) is 4.57. The van der Waals surface area contributed by atoms with E-state index < -0.39 is 5.91 Å². The van der Waals surface area contributed by atoms with E-state index in [1.807, 2.05) is 0 Å². The molecule has 2 aromatic carbocycles. The number of rotatable bonds is 3. The molecule has 3 amide bonds. The van der Waals surface area contributed by atoms with Crippen molar-refractivity contribution >= 4 is 63.8 Å². The summed E-state index contributed by atoms with van der Waals surface area (Å²) in [7, 11) is 0. The van der Waals surface area contributed by atoms with Crippen LogP contribution in [-0.2, 0) is 4.79 Å². The largest absolute Gasteiger partial charge is 0.322 e. The number of halogens is 2. The van der Waals surface area contributed by atoms with Crippen LogP contribution >= 0.6 is 35.0 Å². The van der Waals surface area contributed by atoms with Crippen molar-refractivity contribution in [1.82, 2.24) is 5.32 Å². The molecule has 3 rings (SSSR count). The second-order valence-electron chi connectivity index (χ2n) is 5.06. The first-order chi connectivity index (χ1) is 11.9. The number of hydrogen-bond acceptors (Lipinski definition) is 4. The van der Waals surface area contributed by atoms with Crippen LogP contribution in [0.3, 0.4) is 0 Å². The fraction of sp³-hybridized carbons (Fsp3) is 0. The monoisotopic (exact) mass is 392 g/mol. The van der Waals surface area contributed by atoms with Gasteiger partial charge >= 0.3 is 0 Å². The zero-order valence-electron chi connectivity index (χ0n) is 12.5.